The number of aromatic nitrogens is 4. The van der Waals surface area contributed by atoms with E-state index in [0.29, 0.717) is 35.7 Å². The van der Waals surface area contributed by atoms with Gasteiger partial charge in [-0.2, -0.15) is 4.98 Å². The lowest BCUT2D eigenvalue weighted by Crippen LogP contribution is -2.18. The number of nitrogens with zero attached hydrogens (tertiary/aromatic N) is 4. The first-order valence-corrected chi connectivity index (χ1v) is 9.49. The Morgan fingerprint density at radius 2 is 2.00 bits per heavy atom. The van der Waals surface area contributed by atoms with Gasteiger partial charge in [0.05, 0.1) is 12.2 Å². The van der Waals surface area contributed by atoms with Gasteiger partial charge in [-0.25, -0.2) is 4.98 Å². The first kappa shape index (κ1) is 18.3. The predicted octanol–water partition coefficient (Wildman–Crippen LogP) is 3.35. The molecule has 0 aromatic carbocycles. The van der Waals surface area contributed by atoms with Crippen molar-refractivity contribution in [1.29, 1.82) is 0 Å². The summed E-state index contributed by atoms with van der Waals surface area (Å²) in [6.07, 6.45) is 6.56. The molecule has 3 heterocycles. The van der Waals surface area contributed by atoms with Gasteiger partial charge in [-0.3, -0.25) is 9.78 Å². The zero-order valence-electron chi connectivity index (χ0n) is 16.6. The standard InChI is InChI=1S/C22H24N4O2/c1-13-5-6-20(24-9-13)18-8-17(18)12-28-21-19(10-23-15(3)25-21)16-7-14(2)22(27)26(4)11-16/h5-7,9-11,17-18H,8,12H2,1-4H3/t17-,18+/m1/s1. The number of ether oxygens (including phenoxy) is 1. The summed E-state index contributed by atoms with van der Waals surface area (Å²) in [4.78, 5) is 25.4. The van der Waals surface area contributed by atoms with E-state index < -0.39 is 0 Å². The highest BCUT2D eigenvalue weighted by atomic mass is 16.5. The lowest BCUT2D eigenvalue weighted by atomic mass is 10.1. The van der Waals surface area contributed by atoms with Crippen LogP contribution in [0.4, 0.5) is 0 Å². The summed E-state index contributed by atoms with van der Waals surface area (Å²) < 4.78 is 7.69. The Morgan fingerprint density at radius 3 is 2.71 bits per heavy atom. The molecule has 144 valence electrons. The van der Waals surface area contributed by atoms with E-state index in [4.69, 9.17) is 4.74 Å². The second kappa shape index (κ2) is 7.19. The van der Waals surface area contributed by atoms with Crippen LogP contribution in [0.1, 0.15) is 35.0 Å². The molecule has 1 aliphatic rings. The molecule has 2 atom stereocenters. The van der Waals surface area contributed by atoms with Gasteiger partial charge in [-0.05, 0) is 44.9 Å². The lowest BCUT2D eigenvalue weighted by Gasteiger charge is -2.12. The second-order valence-corrected chi connectivity index (χ2v) is 7.64. The summed E-state index contributed by atoms with van der Waals surface area (Å²) in [6.45, 7) is 6.29. The Kier molecular flexibility index (Phi) is 4.71. The summed E-state index contributed by atoms with van der Waals surface area (Å²) in [5, 5.41) is 0. The fourth-order valence-electron chi connectivity index (χ4n) is 3.46. The Balaban J connectivity index is 1.53. The van der Waals surface area contributed by atoms with E-state index >= 15 is 0 Å². The number of aryl methyl sites for hydroxylation is 4. The molecule has 0 radical (unpaired) electrons. The van der Waals surface area contributed by atoms with Crippen LogP contribution in [-0.2, 0) is 7.05 Å². The average Bonchev–Trinajstić information content (AvgIpc) is 3.44. The third kappa shape index (κ3) is 3.67. The molecular weight excluding hydrogens is 352 g/mol. The fourth-order valence-corrected chi connectivity index (χ4v) is 3.46. The van der Waals surface area contributed by atoms with Crippen LogP contribution in [-0.4, -0.2) is 26.1 Å². The Morgan fingerprint density at radius 1 is 1.18 bits per heavy atom. The van der Waals surface area contributed by atoms with Gasteiger partial charge in [0.15, 0.2) is 0 Å². The van der Waals surface area contributed by atoms with Crippen LogP contribution in [0.15, 0.2) is 41.6 Å². The summed E-state index contributed by atoms with van der Waals surface area (Å²) >= 11 is 0. The van der Waals surface area contributed by atoms with Crippen LogP contribution in [0, 0.1) is 26.7 Å². The number of hydrogen-bond donors (Lipinski definition) is 0. The van der Waals surface area contributed by atoms with Crippen LogP contribution in [0.3, 0.4) is 0 Å². The highest BCUT2D eigenvalue weighted by molar-refractivity contribution is 5.67. The molecule has 0 saturated heterocycles. The van der Waals surface area contributed by atoms with Gasteiger partial charge in [0.2, 0.25) is 5.88 Å². The van der Waals surface area contributed by atoms with Crippen molar-refractivity contribution in [1.82, 2.24) is 19.5 Å². The minimum absolute atomic E-state index is 0.00864. The molecule has 0 spiro atoms. The third-order valence-corrected chi connectivity index (χ3v) is 5.22. The van der Waals surface area contributed by atoms with Gasteiger partial charge in [-0.15, -0.1) is 0 Å². The molecule has 0 aliphatic heterocycles. The maximum Gasteiger partial charge on any atom is 0.253 e. The van der Waals surface area contributed by atoms with Crippen LogP contribution in [0.2, 0.25) is 0 Å². The molecule has 28 heavy (non-hydrogen) atoms. The summed E-state index contributed by atoms with van der Waals surface area (Å²) in [5.41, 5.74) is 4.65. The third-order valence-electron chi connectivity index (χ3n) is 5.22. The molecule has 1 fully saturated rings. The van der Waals surface area contributed by atoms with E-state index in [1.54, 1.807) is 24.0 Å². The van der Waals surface area contributed by atoms with Crippen molar-refractivity contribution >= 4 is 0 Å². The van der Waals surface area contributed by atoms with E-state index in [0.717, 1.165) is 23.2 Å². The first-order valence-electron chi connectivity index (χ1n) is 9.49. The largest absolute Gasteiger partial charge is 0.477 e. The van der Waals surface area contributed by atoms with Crippen molar-refractivity contribution in [2.75, 3.05) is 6.61 Å². The van der Waals surface area contributed by atoms with Gasteiger partial charge in [0.25, 0.3) is 5.56 Å². The Bertz CT molecular complexity index is 1050. The zero-order chi connectivity index (χ0) is 19.8. The van der Waals surface area contributed by atoms with Crippen LogP contribution in [0.25, 0.3) is 11.1 Å². The quantitative estimate of drug-likeness (QED) is 0.683. The SMILES string of the molecule is Cc1ccc([C@H]2C[C@@H]2COc2nc(C)ncc2-c2cc(C)c(=O)n(C)c2)nc1. The molecule has 3 aromatic rings. The van der Waals surface area contributed by atoms with Crippen molar-refractivity contribution in [3.63, 3.8) is 0 Å². The maximum atomic E-state index is 12.0. The molecule has 4 rings (SSSR count). The number of hydrogen-bond acceptors (Lipinski definition) is 5. The highest BCUT2D eigenvalue weighted by Gasteiger charge is 2.40. The van der Waals surface area contributed by atoms with E-state index in [9.17, 15) is 4.79 Å². The van der Waals surface area contributed by atoms with E-state index in [-0.39, 0.29) is 5.56 Å². The summed E-state index contributed by atoms with van der Waals surface area (Å²) in [5.74, 6) is 2.12. The van der Waals surface area contributed by atoms with Gasteiger partial charge in [0, 0.05) is 54.3 Å². The molecule has 0 unspecified atom stereocenters. The summed E-state index contributed by atoms with van der Waals surface area (Å²) in [7, 11) is 1.75. The number of rotatable bonds is 5. The minimum Gasteiger partial charge on any atom is -0.477 e. The molecule has 1 aliphatic carbocycles. The van der Waals surface area contributed by atoms with Gasteiger partial charge >= 0.3 is 0 Å². The Labute approximate surface area is 164 Å². The van der Waals surface area contributed by atoms with E-state index in [1.165, 1.54) is 5.56 Å². The zero-order valence-corrected chi connectivity index (χ0v) is 16.6. The van der Waals surface area contributed by atoms with Crippen LogP contribution < -0.4 is 10.3 Å². The van der Waals surface area contributed by atoms with Gasteiger partial charge in [0.1, 0.15) is 5.82 Å². The maximum absolute atomic E-state index is 12.0. The van der Waals surface area contributed by atoms with Crippen LogP contribution in [0.5, 0.6) is 5.88 Å². The normalized spacial score (nSPS) is 18.1. The van der Waals surface area contributed by atoms with Gasteiger partial charge in [-0.1, -0.05) is 6.07 Å². The molecule has 0 N–H and O–H groups in total. The van der Waals surface area contributed by atoms with Crippen molar-refractivity contribution in [3.05, 3.63) is 69.8 Å². The Hall–Kier alpha value is -3.02. The van der Waals surface area contributed by atoms with Crippen molar-refractivity contribution < 1.29 is 4.74 Å². The van der Waals surface area contributed by atoms with E-state index in [1.807, 2.05) is 33.0 Å². The molecule has 0 bridgehead atoms. The predicted molar refractivity (Wildman–Crippen MR) is 108 cm³/mol. The molecule has 6 nitrogen and oxygen atoms in total. The fraction of sp³-hybridized carbons (Fsp3) is 0.364. The minimum atomic E-state index is -0.00864. The van der Waals surface area contributed by atoms with Crippen molar-refractivity contribution in [2.45, 2.75) is 33.1 Å². The molecule has 1 saturated carbocycles. The topological polar surface area (TPSA) is 69.9 Å². The second-order valence-electron chi connectivity index (χ2n) is 7.64. The van der Waals surface area contributed by atoms with Crippen molar-refractivity contribution in [3.8, 4) is 17.0 Å². The highest BCUT2D eigenvalue weighted by Crippen LogP contribution is 2.47. The first-order chi connectivity index (χ1) is 13.4. The van der Waals surface area contributed by atoms with Crippen molar-refractivity contribution in [2.24, 2.45) is 13.0 Å². The molecular formula is C22H24N4O2. The molecule has 6 heteroatoms. The van der Waals surface area contributed by atoms with Crippen LogP contribution >= 0.6 is 0 Å². The lowest BCUT2D eigenvalue weighted by molar-refractivity contribution is 0.285. The number of pyridine rings is 2. The summed E-state index contributed by atoms with van der Waals surface area (Å²) in [6, 6.07) is 6.07. The molecule has 0 amide bonds. The average molecular weight is 376 g/mol. The van der Waals surface area contributed by atoms with Gasteiger partial charge < -0.3 is 9.30 Å². The van der Waals surface area contributed by atoms with E-state index in [2.05, 4.69) is 27.1 Å². The monoisotopic (exact) mass is 376 g/mol. The smallest absolute Gasteiger partial charge is 0.253 e. The molecule has 3 aromatic heterocycles.